The average molecular weight is 754 g/mol. The third-order valence-corrected chi connectivity index (χ3v) is 12.5. The summed E-state index contributed by atoms with van der Waals surface area (Å²) in [5.74, 6) is 4.16. The summed E-state index contributed by atoms with van der Waals surface area (Å²) in [6.45, 7) is 9.03. The largest absolute Gasteiger partial charge is 0.507 e. The van der Waals surface area contributed by atoms with Crippen LogP contribution in [-0.2, 0) is 45.3 Å². The Morgan fingerprint density at radius 1 is 0.464 bits per heavy atom. The Bertz CT molecular complexity index is 1930. The fraction of sp³-hybridized carbons (Fsp3) is 0.469. The lowest BCUT2D eigenvalue weighted by atomic mass is 9.88. The Morgan fingerprint density at radius 2 is 0.768 bits per heavy atom. The Balaban J connectivity index is 1.28. The van der Waals surface area contributed by atoms with Crippen LogP contribution in [0.4, 0.5) is 0 Å². The molecule has 0 spiro atoms. The van der Waals surface area contributed by atoms with Gasteiger partial charge in [-0.15, -0.1) is 6.42 Å². The summed E-state index contributed by atoms with van der Waals surface area (Å²) in [6, 6.07) is 19.1. The first kappa shape index (κ1) is 38.4. The van der Waals surface area contributed by atoms with Crippen LogP contribution in [0.15, 0.2) is 54.6 Å². The zero-order chi connectivity index (χ0) is 38.4. The maximum absolute atomic E-state index is 12.2. The van der Waals surface area contributed by atoms with E-state index in [2.05, 4.69) is 69.2 Å². The van der Waals surface area contributed by atoms with E-state index in [1.165, 1.54) is 68.9 Å². The predicted molar refractivity (Wildman–Crippen MR) is 224 cm³/mol. The van der Waals surface area contributed by atoms with Gasteiger partial charge >= 0.3 is 0 Å². The van der Waals surface area contributed by atoms with Crippen molar-refractivity contribution >= 4 is 0 Å². The van der Waals surface area contributed by atoms with Gasteiger partial charge in [0.2, 0.25) is 0 Å². The van der Waals surface area contributed by atoms with Crippen molar-refractivity contribution in [1.82, 2.24) is 14.7 Å². The molecule has 3 N–H and O–H groups in total. The summed E-state index contributed by atoms with van der Waals surface area (Å²) >= 11 is 0. The third kappa shape index (κ3) is 9.05. The van der Waals surface area contributed by atoms with Gasteiger partial charge in [-0.05, 0) is 139 Å². The number of aromatic hydroxyl groups is 3. The number of para-hydroxylation sites is 1. The maximum atomic E-state index is 12.2. The molecule has 294 valence electrons. The summed E-state index contributed by atoms with van der Waals surface area (Å²) in [5, 5.41) is 36.5. The number of phenolic OH excluding ortho intramolecular Hbond substituents is 3. The quantitative estimate of drug-likeness (QED) is 0.137. The minimum Gasteiger partial charge on any atom is -0.507 e. The number of terminal acetylenes is 1. The third-order valence-electron chi connectivity index (χ3n) is 12.5. The molecule has 0 amide bonds. The van der Waals surface area contributed by atoms with Crippen LogP contribution in [0.5, 0.6) is 23.0 Å². The Hall–Kier alpha value is -4.48. The van der Waals surface area contributed by atoms with Gasteiger partial charge in [-0.25, -0.2) is 0 Å². The predicted octanol–water partition coefficient (Wildman–Crippen LogP) is 8.45. The van der Waals surface area contributed by atoms with Gasteiger partial charge in [0.1, 0.15) is 29.6 Å². The van der Waals surface area contributed by atoms with Crippen LogP contribution in [0.1, 0.15) is 119 Å². The molecule has 3 saturated heterocycles. The lowest BCUT2D eigenvalue weighted by Gasteiger charge is -2.28. The van der Waals surface area contributed by atoms with Crippen molar-refractivity contribution in [2.24, 2.45) is 0 Å². The molecule has 0 aromatic heterocycles. The van der Waals surface area contributed by atoms with Crippen molar-refractivity contribution in [3.05, 3.63) is 116 Å². The highest BCUT2D eigenvalue weighted by Gasteiger charge is 2.24. The van der Waals surface area contributed by atoms with E-state index in [1.807, 2.05) is 6.07 Å². The molecule has 7 nitrogen and oxygen atoms in total. The van der Waals surface area contributed by atoms with Gasteiger partial charge in [-0.3, -0.25) is 14.7 Å². The van der Waals surface area contributed by atoms with Crippen molar-refractivity contribution in [2.45, 2.75) is 103 Å². The fourth-order valence-electron chi connectivity index (χ4n) is 9.74. The Kier molecular flexibility index (Phi) is 12.2. The summed E-state index contributed by atoms with van der Waals surface area (Å²) < 4.78 is 6.36. The van der Waals surface area contributed by atoms with Gasteiger partial charge in [-0.1, -0.05) is 79.8 Å². The molecule has 56 heavy (non-hydrogen) atoms. The summed E-state index contributed by atoms with van der Waals surface area (Å²) in [4.78, 5) is 7.56. The smallest absolute Gasteiger partial charge is 0.148 e. The molecule has 3 heterocycles. The number of hydrogen-bond acceptors (Lipinski definition) is 7. The Labute approximate surface area is 333 Å². The molecule has 1 aliphatic carbocycles. The lowest BCUT2D eigenvalue weighted by molar-refractivity contribution is 0.220. The molecule has 0 saturated carbocycles. The van der Waals surface area contributed by atoms with Crippen LogP contribution in [0.3, 0.4) is 0 Å². The second-order valence-electron chi connectivity index (χ2n) is 16.9. The highest BCUT2D eigenvalue weighted by Crippen LogP contribution is 2.40. The summed E-state index contributed by atoms with van der Waals surface area (Å²) in [7, 11) is 0. The van der Waals surface area contributed by atoms with Crippen LogP contribution in [0.25, 0.3) is 0 Å². The minimum atomic E-state index is 0.121. The van der Waals surface area contributed by atoms with Crippen LogP contribution < -0.4 is 4.74 Å². The number of rotatable bonds is 8. The van der Waals surface area contributed by atoms with Crippen molar-refractivity contribution in [3.8, 4) is 35.3 Å². The van der Waals surface area contributed by atoms with E-state index in [0.29, 0.717) is 31.4 Å². The van der Waals surface area contributed by atoms with E-state index < -0.39 is 0 Å². The van der Waals surface area contributed by atoms with Crippen LogP contribution in [-0.4, -0.2) is 75.9 Å². The van der Waals surface area contributed by atoms with Crippen LogP contribution in [0, 0.1) is 12.3 Å². The molecule has 8 bridgehead atoms. The molecule has 7 heteroatoms. The lowest BCUT2D eigenvalue weighted by Crippen LogP contribution is -2.29. The molecular weight excluding hydrogens is 695 g/mol. The second-order valence-corrected chi connectivity index (χ2v) is 16.9. The zero-order valence-electron chi connectivity index (χ0n) is 33.1. The van der Waals surface area contributed by atoms with Gasteiger partial charge in [-0.2, -0.15) is 0 Å². The summed E-state index contributed by atoms with van der Waals surface area (Å²) in [5.41, 5.74) is 10.3. The minimum absolute atomic E-state index is 0.121. The van der Waals surface area contributed by atoms with Crippen molar-refractivity contribution in [1.29, 1.82) is 0 Å². The number of phenols is 3. The van der Waals surface area contributed by atoms with Crippen molar-refractivity contribution < 1.29 is 20.1 Å². The number of fused-ring (bicyclic) bond motifs is 8. The van der Waals surface area contributed by atoms with E-state index in [9.17, 15) is 15.3 Å². The van der Waals surface area contributed by atoms with E-state index in [4.69, 9.17) is 11.2 Å². The average Bonchev–Trinajstić information content (AvgIpc) is 3.20. The number of hydrogen-bond donors (Lipinski definition) is 3. The fourth-order valence-corrected chi connectivity index (χ4v) is 9.74. The highest BCUT2D eigenvalue weighted by molar-refractivity contribution is 5.57. The van der Waals surface area contributed by atoms with E-state index in [1.54, 1.807) is 0 Å². The molecule has 0 atom stereocenters. The second kappa shape index (κ2) is 17.8. The molecule has 0 radical (unpaired) electrons. The topological polar surface area (TPSA) is 79.6 Å². The number of ether oxygens (including phenoxy) is 1. The number of nitrogens with zero attached hydrogens (tertiary/aromatic N) is 3. The molecule has 4 aliphatic rings. The normalized spacial score (nSPS) is 18.3. The first-order chi connectivity index (χ1) is 27.4. The molecule has 4 aromatic rings. The Morgan fingerprint density at radius 3 is 1.07 bits per heavy atom. The number of benzene rings is 4. The monoisotopic (exact) mass is 753 g/mol. The van der Waals surface area contributed by atoms with Crippen molar-refractivity contribution in [2.75, 3.05) is 45.9 Å². The maximum Gasteiger partial charge on any atom is 0.148 e. The first-order valence-corrected chi connectivity index (χ1v) is 21.2. The summed E-state index contributed by atoms with van der Waals surface area (Å²) in [6.07, 6.45) is 18.5. The molecule has 3 aliphatic heterocycles. The van der Waals surface area contributed by atoms with Gasteiger partial charge < -0.3 is 20.1 Å². The standard InChI is InChI=1S/C49H59N3O4/c1-2-21-56-49-38-13-12-14-39(49)29-41-23-36(33-51-17-8-4-9-18-51)25-43(47(41)54)31-45-27-37(34-52-19-10-5-11-20-52)26-44(48(45)55)30-42-24-35(22-40(28-38)46(42)53)32-50-15-6-3-7-16-50/h1,12-14,22-27,53-55H,3-11,15-21,28-34H2. The van der Waals surface area contributed by atoms with E-state index in [0.717, 1.165) is 109 Å². The molecule has 0 unspecified atom stereocenters. The van der Waals surface area contributed by atoms with Crippen LogP contribution >= 0.6 is 0 Å². The number of piperidine rings is 3. The highest BCUT2D eigenvalue weighted by atomic mass is 16.5. The van der Waals surface area contributed by atoms with Crippen LogP contribution in [0.2, 0.25) is 0 Å². The zero-order valence-corrected chi connectivity index (χ0v) is 33.1. The van der Waals surface area contributed by atoms with Gasteiger partial charge in [0.15, 0.2) is 0 Å². The van der Waals surface area contributed by atoms with E-state index >= 15 is 0 Å². The first-order valence-electron chi connectivity index (χ1n) is 21.2. The molecular formula is C49H59N3O4. The molecule has 4 aromatic carbocycles. The van der Waals surface area contributed by atoms with Gasteiger partial charge in [0.05, 0.1) is 0 Å². The van der Waals surface area contributed by atoms with Gasteiger partial charge in [0.25, 0.3) is 0 Å². The SMILES string of the molecule is C#CCOc1c2cccc1Cc1cc(CN3CCCCC3)cc(c1O)Cc1cc(CN3CCCCC3)cc(c1O)Cc1cc(CN3CCCCC3)cc(c1O)C2. The van der Waals surface area contributed by atoms with E-state index in [-0.39, 0.29) is 23.9 Å². The molecule has 3 fully saturated rings. The molecule has 8 rings (SSSR count). The number of likely N-dealkylation sites (tertiary alicyclic amines) is 3. The van der Waals surface area contributed by atoms with Gasteiger partial charge in [0, 0.05) is 45.3 Å². The van der Waals surface area contributed by atoms with Crippen molar-refractivity contribution in [3.63, 3.8) is 0 Å².